The fourth-order valence-electron chi connectivity index (χ4n) is 2.60. The minimum atomic E-state index is -0.0838. The molecular weight excluding hydrogens is 274 g/mol. The van der Waals surface area contributed by atoms with Gasteiger partial charge in [-0.25, -0.2) is 0 Å². The smallest absolute Gasteiger partial charge is 0.231 e. The van der Waals surface area contributed by atoms with Crippen molar-refractivity contribution in [3.8, 4) is 11.5 Å². The minimum Gasteiger partial charge on any atom is -0.454 e. The first-order valence-electron chi connectivity index (χ1n) is 7.04. The number of amides is 1. The lowest BCUT2D eigenvalue weighted by molar-refractivity contribution is -0.124. The number of hydrogen-bond donors (Lipinski definition) is 1. The van der Waals surface area contributed by atoms with E-state index in [1.165, 1.54) is 0 Å². The summed E-state index contributed by atoms with van der Waals surface area (Å²) in [7, 11) is 1.64. The molecule has 3 rings (SSSR count). The summed E-state index contributed by atoms with van der Waals surface area (Å²) < 4.78 is 21.3. The first-order valence-corrected chi connectivity index (χ1v) is 7.04. The van der Waals surface area contributed by atoms with E-state index >= 15 is 0 Å². The molecule has 0 aromatic heterocycles. The van der Waals surface area contributed by atoms with Gasteiger partial charge >= 0.3 is 0 Å². The zero-order chi connectivity index (χ0) is 14.7. The molecule has 1 fully saturated rings. The molecule has 0 bridgehead atoms. The maximum atomic E-state index is 12.2. The van der Waals surface area contributed by atoms with Crippen molar-refractivity contribution in [1.82, 2.24) is 5.32 Å². The molecule has 1 amide bonds. The lowest BCUT2D eigenvalue weighted by Gasteiger charge is -2.31. The SMILES string of the molecule is CO[C@@H]1COCC[C@H]1NC(=O)Cc1ccc2c(c1)OCO2. The first-order chi connectivity index (χ1) is 10.3. The average Bonchev–Trinajstić information content (AvgIpc) is 2.95. The molecule has 6 nitrogen and oxygen atoms in total. The molecule has 0 saturated carbocycles. The number of carbonyl (C=O) groups is 1. The highest BCUT2D eigenvalue weighted by Crippen LogP contribution is 2.32. The molecule has 2 aliphatic heterocycles. The molecule has 1 aromatic rings. The van der Waals surface area contributed by atoms with Gasteiger partial charge < -0.3 is 24.3 Å². The standard InChI is InChI=1S/C15H19NO5/c1-18-14-8-19-5-4-11(14)16-15(17)7-10-2-3-12-13(6-10)21-9-20-12/h2-3,6,11,14H,4-5,7-9H2,1H3,(H,16,17)/t11-,14-/m1/s1. The number of fused-ring (bicyclic) bond motifs is 1. The van der Waals surface area contributed by atoms with Crippen molar-refractivity contribution in [2.45, 2.75) is 25.0 Å². The molecule has 2 heterocycles. The van der Waals surface area contributed by atoms with Gasteiger partial charge in [-0.2, -0.15) is 0 Å². The highest BCUT2D eigenvalue weighted by atomic mass is 16.7. The van der Waals surface area contributed by atoms with Crippen LogP contribution in [0.3, 0.4) is 0 Å². The Morgan fingerprint density at radius 3 is 3.10 bits per heavy atom. The molecule has 114 valence electrons. The van der Waals surface area contributed by atoms with E-state index in [0.29, 0.717) is 25.4 Å². The lowest BCUT2D eigenvalue weighted by atomic mass is 10.0. The Balaban J connectivity index is 1.58. The van der Waals surface area contributed by atoms with Crippen LogP contribution in [-0.4, -0.2) is 45.2 Å². The van der Waals surface area contributed by atoms with Gasteiger partial charge in [0.15, 0.2) is 11.5 Å². The number of rotatable bonds is 4. The fourth-order valence-corrected chi connectivity index (χ4v) is 2.60. The van der Waals surface area contributed by atoms with Crippen LogP contribution in [0, 0.1) is 0 Å². The van der Waals surface area contributed by atoms with E-state index in [1.54, 1.807) is 7.11 Å². The van der Waals surface area contributed by atoms with Crippen LogP contribution in [0.5, 0.6) is 11.5 Å². The monoisotopic (exact) mass is 293 g/mol. The number of methoxy groups -OCH3 is 1. The maximum Gasteiger partial charge on any atom is 0.231 e. The van der Waals surface area contributed by atoms with Crippen LogP contribution >= 0.6 is 0 Å². The lowest BCUT2D eigenvalue weighted by Crippen LogP contribution is -2.50. The summed E-state index contributed by atoms with van der Waals surface area (Å²) >= 11 is 0. The van der Waals surface area contributed by atoms with Crippen LogP contribution in [0.25, 0.3) is 0 Å². The van der Waals surface area contributed by atoms with Crippen molar-refractivity contribution in [2.75, 3.05) is 27.1 Å². The summed E-state index contributed by atoms with van der Waals surface area (Å²) in [6, 6.07) is 5.56. The van der Waals surface area contributed by atoms with Crippen LogP contribution in [0.2, 0.25) is 0 Å². The van der Waals surface area contributed by atoms with Crippen LogP contribution in [0.1, 0.15) is 12.0 Å². The molecule has 0 aliphatic carbocycles. The maximum absolute atomic E-state index is 12.2. The Hall–Kier alpha value is -1.79. The highest BCUT2D eigenvalue weighted by molar-refractivity contribution is 5.79. The van der Waals surface area contributed by atoms with Gasteiger partial charge in [0.25, 0.3) is 0 Å². The van der Waals surface area contributed by atoms with E-state index in [0.717, 1.165) is 17.7 Å². The molecule has 0 spiro atoms. The summed E-state index contributed by atoms with van der Waals surface area (Å²) in [6.07, 6.45) is 0.995. The second kappa shape index (κ2) is 6.32. The molecular formula is C15H19NO5. The van der Waals surface area contributed by atoms with Gasteiger partial charge in [0.1, 0.15) is 6.10 Å². The summed E-state index contributed by atoms with van der Waals surface area (Å²) in [4.78, 5) is 12.2. The summed E-state index contributed by atoms with van der Waals surface area (Å²) in [5.74, 6) is 1.40. The molecule has 21 heavy (non-hydrogen) atoms. The number of nitrogens with one attached hydrogen (secondary N) is 1. The third-order valence-electron chi connectivity index (χ3n) is 3.75. The van der Waals surface area contributed by atoms with E-state index in [-0.39, 0.29) is 24.8 Å². The average molecular weight is 293 g/mol. The normalized spacial score (nSPS) is 23.9. The second-order valence-corrected chi connectivity index (χ2v) is 5.18. The van der Waals surface area contributed by atoms with Crippen LogP contribution in [-0.2, 0) is 20.7 Å². The van der Waals surface area contributed by atoms with E-state index in [4.69, 9.17) is 18.9 Å². The Bertz CT molecular complexity index is 519. The van der Waals surface area contributed by atoms with Gasteiger partial charge in [-0.1, -0.05) is 6.07 Å². The highest BCUT2D eigenvalue weighted by Gasteiger charge is 2.27. The number of benzene rings is 1. The Kier molecular flexibility index (Phi) is 4.26. The fraction of sp³-hybridized carbons (Fsp3) is 0.533. The predicted molar refractivity (Wildman–Crippen MR) is 74.4 cm³/mol. The van der Waals surface area contributed by atoms with Gasteiger partial charge in [-0.15, -0.1) is 0 Å². The largest absolute Gasteiger partial charge is 0.454 e. The number of carbonyl (C=O) groups excluding carboxylic acids is 1. The van der Waals surface area contributed by atoms with Gasteiger partial charge in [-0.3, -0.25) is 4.79 Å². The molecule has 2 aliphatic rings. The van der Waals surface area contributed by atoms with E-state index < -0.39 is 0 Å². The predicted octanol–water partition coefficient (Wildman–Crippen LogP) is 0.878. The van der Waals surface area contributed by atoms with E-state index in [1.807, 2.05) is 18.2 Å². The van der Waals surface area contributed by atoms with Gasteiger partial charge in [0.2, 0.25) is 12.7 Å². The first kappa shape index (κ1) is 14.2. The topological polar surface area (TPSA) is 66.0 Å². The van der Waals surface area contributed by atoms with Crippen LogP contribution in [0.15, 0.2) is 18.2 Å². The molecule has 1 N–H and O–H groups in total. The molecule has 1 saturated heterocycles. The van der Waals surface area contributed by atoms with Gasteiger partial charge in [0.05, 0.1) is 19.1 Å². The summed E-state index contributed by atoms with van der Waals surface area (Å²) in [5.41, 5.74) is 0.901. The molecule has 0 radical (unpaired) electrons. The van der Waals surface area contributed by atoms with Crippen molar-refractivity contribution in [3.63, 3.8) is 0 Å². The van der Waals surface area contributed by atoms with Crippen LogP contribution < -0.4 is 14.8 Å². The number of hydrogen-bond acceptors (Lipinski definition) is 5. The molecule has 6 heteroatoms. The third kappa shape index (κ3) is 3.28. The summed E-state index contributed by atoms with van der Waals surface area (Å²) in [5, 5.41) is 3.02. The second-order valence-electron chi connectivity index (χ2n) is 5.18. The van der Waals surface area contributed by atoms with Crippen molar-refractivity contribution in [1.29, 1.82) is 0 Å². The Morgan fingerprint density at radius 1 is 1.38 bits per heavy atom. The van der Waals surface area contributed by atoms with Crippen LogP contribution in [0.4, 0.5) is 0 Å². The Morgan fingerprint density at radius 2 is 2.24 bits per heavy atom. The van der Waals surface area contributed by atoms with Crippen molar-refractivity contribution in [2.24, 2.45) is 0 Å². The summed E-state index contributed by atoms with van der Waals surface area (Å²) in [6.45, 7) is 1.41. The quantitative estimate of drug-likeness (QED) is 0.892. The van der Waals surface area contributed by atoms with Gasteiger partial charge in [0, 0.05) is 13.7 Å². The van der Waals surface area contributed by atoms with Crippen molar-refractivity contribution < 1.29 is 23.7 Å². The molecule has 1 aromatic carbocycles. The zero-order valence-corrected chi connectivity index (χ0v) is 12.0. The number of ether oxygens (including phenoxy) is 4. The van der Waals surface area contributed by atoms with Crippen molar-refractivity contribution in [3.05, 3.63) is 23.8 Å². The molecule has 0 unspecified atom stereocenters. The Labute approximate surface area is 123 Å². The minimum absolute atomic E-state index is 0.00487. The van der Waals surface area contributed by atoms with Gasteiger partial charge in [-0.05, 0) is 24.1 Å². The molecule has 2 atom stereocenters. The van der Waals surface area contributed by atoms with E-state index in [9.17, 15) is 4.79 Å². The third-order valence-corrected chi connectivity index (χ3v) is 3.75. The zero-order valence-electron chi connectivity index (χ0n) is 12.0. The van der Waals surface area contributed by atoms with Crippen molar-refractivity contribution >= 4 is 5.91 Å². The van der Waals surface area contributed by atoms with E-state index in [2.05, 4.69) is 5.32 Å².